The fourth-order valence-electron chi connectivity index (χ4n) is 5.85. The summed E-state index contributed by atoms with van der Waals surface area (Å²) in [6, 6.07) is 18.3. The summed E-state index contributed by atoms with van der Waals surface area (Å²) >= 11 is 0. The normalized spacial score (nSPS) is 22.9. The molecule has 3 aliphatic heterocycles. The molecule has 6 heteroatoms. The zero-order valence-electron chi connectivity index (χ0n) is 19.8. The van der Waals surface area contributed by atoms with E-state index < -0.39 is 0 Å². The van der Waals surface area contributed by atoms with E-state index in [2.05, 4.69) is 57.4 Å². The third-order valence-electron chi connectivity index (χ3n) is 7.63. The molecule has 2 saturated heterocycles. The van der Waals surface area contributed by atoms with E-state index in [1.165, 1.54) is 36.1 Å². The smallest absolute Gasteiger partial charge is 0.119 e. The number of hydrogen-bond acceptors (Lipinski definition) is 5. The molecular weight excluding hydrogens is 424 g/mol. The van der Waals surface area contributed by atoms with Gasteiger partial charge in [0, 0.05) is 50.5 Å². The predicted octanol–water partition coefficient (Wildman–Crippen LogP) is 4.26. The molecule has 2 fully saturated rings. The van der Waals surface area contributed by atoms with Crippen molar-refractivity contribution in [3.8, 4) is 11.4 Å². The Labute approximate surface area is 202 Å². The molecule has 178 valence electrons. The van der Waals surface area contributed by atoms with Crippen LogP contribution in [0.5, 0.6) is 5.75 Å². The summed E-state index contributed by atoms with van der Waals surface area (Å²) < 4.78 is 13.6. The maximum atomic E-state index is 6.22. The van der Waals surface area contributed by atoms with Gasteiger partial charge in [-0.2, -0.15) is 5.10 Å². The molecular formula is C28H34N4O2. The van der Waals surface area contributed by atoms with E-state index in [0.717, 1.165) is 63.9 Å². The SMILES string of the molecule is c1cnn(-c2ccc([C@@H]3CN4CCC[C@H]4c4cc(OCCCN5CCOCC5)ccc43)cc2)c1. The van der Waals surface area contributed by atoms with Crippen molar-refractivity contribution in [2.45, 2.75) is 31.2 Å². The molecule has 0 radical (unpaired) electrons. The highest BCUT2D eigenvalue weighted by Crippen LogP contribution is 2.45. The van der Waals surface area contributed by atoms with Crippen molar-refractivity contribution in [1.29, 1.82) is 0 Å². The van der Waals surface area contributed by atoms with Gasteiger partial charge in [0.25, 0.3) is 0 Å². The van der Waals surface area contributed by atoms with Gasteiger partial charge in [-0.3, -0.25) is 9.80 Å². The topological polar surface area (TPSA) is 42.8 Å². The lowest BCUT2D eigenvalue weighted by atomic mass is 9.81. The van der Waals surface area contributed by atoms with Crippen LogP contribution in [0.1, 0.15) is 47.9 Å². The van der Waals surface area contributed by atoms with Crippen LogP contribution in [0.2, 0.25) is 0 Å². The molecule has 0 bridgehead atoms. The first kappa shape index (κ1) is 21.8. The molecule has 0 unspecified atom stereocenters. The number of benzene rings is 2. The lowest BCUT2D eigenvalue weighted by molar-refractivity contribution is 0.0358. The van der Waals surface area contributed by atoms with Gasteiger partial charge in [0.1, 0.15) is 5.75 Å². The number of hydrogen-bond donors (Lipinski definition) is 0. The van der Waals surface area contributed by atoms with Gasteiger partial charge in [-0.1, -0.05) is 18.2 Å². The molecule has 1 aromatic heterocycles. The molecule has 0 saturated carbocycles. The van der Waals surface area contributed by atoms with Crippen LogP contribution in [0.25, 0.3) is 5.69 Å². The summed E-state index contributed by atoms with van der Waals surface area (Å²) in [6.45, 7) is 7.94. The summed E-state index contributed by atoms with van der Waals surface area (Å²) in [7, 11) is 0. The minimum atomic E-state index is 0.395. The lowest BCUT2D eigenvalue weighted by Crippen LogP contribution is -2.37. The minimum Gasteiger partial charge on any atom is -0.494 e. The van der Waals surface area contributed by atoms with Crippen molar-refractivity contribution in [2.24, 2.45) is 0 Å². The molecule has 3 aromatic rings. The second-order valence-electron chi connectivity index (χ2n) is 9.69. The fraction of sp³-hybridized carbons (Fsp3) is 0.464. The van der Waals surface area contributed by atoms with Crippen molar-refractivity contribution in [3.05, 3.63) is 77.6 Å². The summed E-state index contributed by atoms with van der Waals surface area (Å²) in [5, 5.41) is 4.36. The lowest BCUT2D eigenvalue weighted by Gasteiger charge is -2.37. The molecule has 2 atom stereocenters. The molecule has 0 amide bonds. The monoisotopic (exact) mass is 458 g/mol. The summed E-state index contributed by atoms with van der Waals surface area (Å²) in [6.07, 6.45) is 7.39. The predicted molar refractivity (Wildman–Crippen MR) is 133 cm³/mol. The fourth-order valence-corrected chi connectivity index (χ4v) is 5.85. The molecule has 3 aliphatic rings. The number of fused-ring (bicyclic) bond motifs is 3. The van der Waals surface area contributed by atoms with E-state index in [4.69, 9.17) is 9.47 Å². The maximum absolute atomic E-state index is 6.22. The highest BCUT2D eigenvalue weighted by Gasteiger charge is 2.36. The number of morpholine rings is 1. The largest absolute Gasteiger partial charge is 0.494 e. The van der Waals surface area contributed by atoms with Gasteiger partial charge in [0.05, 0.1) is 25.5 Å². The van der Waals surface area contributed by atoms with Gasteiger partial charge in [0.2, 0.25) is 0 Å². The number of aromatic nitrogens is 2. The Bertz CT molecular complexity index is 1080. The number of ether oxygens (including phenoxy) is 2. The van der Waals surface area contributed by atoms with Crippen molar-refractivity contribution in [3.63, 3.8) is 0 Å². The van der Waals surface area contributed by atoms with Crippen LogP contribution in [0.3, 0.4) is 0 Å². The number of rotatable bonds is 7. The standard InChI is InChI=1S/C28H34N4O2/c1-4-28-26-20-24(34-17-3-12-30-15-18-33-19-16-30)9-10-25(26)27(21-31(28)13-1)22-5-7-23(8-6-22)32-14-2-11-29-32/h2,5-11,14,20,27-28H,1,3-4,12-13,15-19,21H2/t27-,28-/m0/s1. The Kier molecular flexibility index (Phi) is 6.36. The first-order chi connectivity index (χ1) is 16.8. The second kappa shape index (κ2) is 9.90. The quantitative estimate of drug-likeness (QED) is 0.495. The zero-order chi connectivity index (χ0) is 22.7. The van der Waals surface area contributed by atoms with E-state index in [1.54, 1.807) is 0 Å². The molecule has 6 rings (SSSR count). The van der Waals surface area contributed by atoms with Crippen LogP contribution in [-0.4, -0.2) is 72.1 Å². The average molecular weight is 459 g/mol. The number of nitrogens with zero attached hydrogens (tertiary/aromatic N) is 4. The van der Waals surface area contributed by atoms with E-state index in [1.807, 2.05) is 23.1 Å². The van der Waals surface area contributed by atoms with Gasteiger partial charge in [-0.15, -0.1) is 0 Å². The molecule has 0 N–H and O–H groups in total. The van der Waals surface area contributed by atoms with Crippen molar-refractivity contribution in [2.75, 3.05) is 52.5 Å². The molecule has 2 aromatic carbocycles. The van der Waals surface area contributed by atoms with E-state index in [9.17, 15) is 0 Å². The van der Waals surface area contributed by atoms with Crippen LogP contribution in [0, 0.1) is 0 Å². The minimum absolute atomic E-state index is 0.395. The maximum Gasteiger partial charge on any atom is 0.119 e. The summed E-state index contributed by atoms with van der Waals surface area (Å²) in [5.74, 6) is 1.41. The zero-order valence-corrected chi connectivity index (χ0v) is 19.8. The van der Waals surface area contributed by atoms with Crippen molar-refractivity contribution >= 4 is 0 Å². The highest BCUT2D eigenvalue weighted by atomic mass is 16.5. The highest BCUT2D eigenvalue weighted by molar-refractivity contribution is 5.47. The average Bonchev–Trinajstić information content (AvgIpc) is 3.59. The van der Waals surface area contributed by atoms with E-state index in [-0.39, 0.29) is 0 Å². The van der Waals surface area contributed by atoms with Crippen molar-refractivity contribution in [1.82, 2.24) is 19.6 Å². The van der Waals surface area contributed by atoms with Gasteiger partial charge in [0.15, 0.2) is 0 Å². The van der Waals surface area contributed by atoms with Crippen LogP contribution in [0.4, 0.5) is 0 Å². The third-order valence-corrected chi connectivity index (χ3v) is 7.63. The van der Waals surface area contributed by atoms with Gasteiger partial charge in [-0.05, 0) is 72.8 Å². The summed E-state index contributed by atoms with van der Waals surface area (Å²) in [4.78, 5) is 5.15. The van der Waals surface area contributed by atoms with E-state index >= 15 is 0 Å². The van der Waals surface area contributed by atoms with Gasteiger partial charge < -0.3 is 9.47 Å². The van der Waals surface area contributed by atoms with Crippen LogP contribution < -0.4 is 4.74 Å². The molecule has 0 aliphatic carbocycles. The van der Waals surface area contributed by atoms with Crippen LogP contribution in [0.15, 0.2) is 60.9 Å². The van der Waals surface area contributed by atoms with Gasteiger partial charge in [-0.25, -0.2) is 4.68 Å². The van der Waals surface area contributed by atoms with Crippen molar-refractivity contribution < 1.29 is 9.47 Å². The molecule has 0 spiro atoms. The first-order valence-corrected chi connectivity index (χ1v) is 12.8. The Balaban J connectivity index is 1.18. The van der Waals surface area contributed by atoms with Crippen LogP contribution >= 0.6 is 0 Å². The Morgan fingerprint density at radius 3 is 2.71 bits per heavy atom. The summed E-state index contributed by atoms with van der Waals surface area (Å²) in [5.41, 5.74) is 5.41. The second-order valence-corrected chi connectivity index (χ2v) is 9.69. The Morgan fingerprint density at radius 1 is 1.00 bits per heavy atom. The Morgan fingerprint density at radius 2 is 1.88 bits per heavy atom. The third kappa shape index (κ3) is 4.50. The molecule has 4 heterocycles. The molecule has 6 nitrogen and oxygen atoms in total. The first-order valence-electron chi connectivity index (χ1n) is 12.8. The molecule has 34 heavy (non-hydrogen) atoms. The Hall–Kier alpha value is -2.67. The van der Waals surface area contributed by atoms with E-state index in [0.29, 0.717) is 12.0 Å². The van der Waals surface area contributed by atoms with Crippen LogP contribution in [-0.2, 0) is 4.74 Å². The van der Waals surface area contributed by atoms with Gasteiger partial charge >= 0.3 is 0 Å².